The molecule has 0 unspecified atom stereocenters. The van der Waals surface area contributed by atoms with E-state index in [0.717, 1.165) is 30.9 Å². The summed E-state index contributed by atoms with van der Waals surface area (Å²) in [6.45, 7) is 0.175. The van der Waals surface area contributed by atoms with Gasteiger partial charge in [0.2, 0.25) is 5.95 Å². The van der Waals surface area contributed by atoms with Crippen LogP contribution < -0.4 is 15.0 Å². The molecule has 1 N–H and O–H groups in total. The van der Waals surface area contributed by atoms with Gasteiger partial charge in [-0.15, -0.1) is 0 Å². The van der Waals surface area contributed by atoms with E-state index in [1.807, 2.05) is 18.2 Å². The first-order valence-corrected chi connectivity index (χ1v) is 8.66. The van der Waals surface area contributed by atoms with Crippen LogP contribution in [0.25, 0.3) is 0 Å². The molecule has 138 valence electrons. The van der Waals surface area contributed by atoms with E-state index in [4.69, 9.17) is 4.74 Å². The largest absolute Gasteiger partial charge is 0.435 e. The molecule has 1 saturated heterocycles. The van der Waals surface area contributed by atoms with E-state index in [9.17, 15) is 8.78 Å². The number of halogens is 2. The van der Waals surface area contributed by atoms with Crippen LogP contribution in [0.5, 0.6) is 5.75 Å². The second kappa shape index (κ2) is 7.41. The number of aromatic nitrogens is 2. The molecule has 6 nitrogen and oxygen atoms in total. The van der Waals surface area contributed by atoms with E-state index >= 15 is 0 Å². The normalized spacial score (nSPS) is 22.3. The maximum atomic E-state index is 12.2. The topological polar surface area (TPSA) is 59.5 Å². The number of anilines is 2. The van der Waals surface area contributed by atoms with Crippen LogP contribution in [0.1, 0.15) is 17.9 Å². The predicted octanol–water partition coefficient (Wildman–Crippen LogP) is 2.88. The first kappa shape index (κ1) is 17.0. The van der Waals surface area contributed by atoms with Crippen molar-refractivity contribution in [3.8, 4) is 5.75 Å². The summed E-state index contributed by atoms with van der Waals surface area (Å²) < 4.78 is 34.2. The Morgan fingerprint density at radius 3 is 2.65 bits per heavy atom. The zero-order valence-corrected chi connectivity index (χ0v) is 14.1. The number of ether oxygens (including phenoxy) is 2. The van der Waals surface area contributed by atoms with E-state index in [1.165, 1.54) is 0 Å². The lowest BCUT2D eigenvalue weighted by Crippen LogP contribution is -2.37. The van der Waals surface area contributed by atoms with Crippen LogP contribution in [0.4, 0.5) is 20.5 Å². The van der Waals surface area contributed by atoms with Crippen molar-refractivity contribution in [1.29, 1.82) is 0 Å². The van der Waals surface area contributed by atoms with Crippen molar-refractivity contribution in [2.45, 2.75) is 25.0 Å². The van der Waals surface area contributed by atoms with Gasteiger partial charge in [-0.25, -0.2) is 4.98 Å². The van der Waals surface area contributed by atoms with E-state index in [-0.39, 0.29) is 11.8 Å². The molecule has 26 heavy (non-hydrogen) atoms. The third-order valence-electron chi connectivity index (χ3n) is 4.59. The van der Waals surface area contributed by atoms with Crippen LogP contribution in [-0.4, -0.2) is 48.9 Å². The van der Waals surface area contributed by atoms with E-state index in [2.05, 4.69) is 24.9 Å². The molecule has 0 amide bonds. The molecule has 1 aromatic carbocycles. The fraction of sp³-hybridized carbons (Fsp3) is 0.444. The molecule has 2 aromatic rings. The highest BCUT2D eigenvalue weighted by Gasteiger charge is 2.38. The Bertz CT molecular complexity index is 738. The monoisotopic (exact) mass is 362 g/mol. The van der Waals surface area contributed by atoms with Gasteiger partial charge >= 0.3 is 6.61 Å². The molecule has 0 radical (unpaired) electrons. The summed E-state index contributed by atoms with van der Waals surface area (Å²) in [5, 5.41) is 3.43. The van der Waals surface area contributed by atoms with Crippen LogP contribution in [0.2, 0.25) is 0 Å². The van der Waals surface area contributed by atoms with Gasteiger partial charge in [0, 0.05) is 31.2 Å². The highest BCUT2D eigenvalue weighted by Crippen LogP contribution is 2.43. The lowest BCUT2D eigenvalue weighted by atomic mass is 10.1. The molecule has 1 aliphatic carbocycles. The van der Waals surface area contributed by atoms with Gasteiger partial charge in [0.1, 0.15) is 11.6 Å². The standard InChI is InChI=1S/C18H20F2N4O2/c19-17(20)26-13-3-1-12(2-4-13)14-11-15(14)22-16-5-6-21-18(23-16)24-7-9-25-10-8-24/h1-6,14-15,17H,7-11H2,(H,21,22,23)/t14-,15+/m0/s1. The van der Waals surface area contributed by atoms with Gasteiger partial charge in [-0.3, -0.25) is 0 Å². The third-order valence-corrected chi connectivity index (χ3v) is 4.59. The Morgan fingerprint density at radius 1 is 1.15 bits per heavy atom. The molecule has 0 bridgehead atoms. The summed E-state index contributed by atoms with van der Waals surface area (Å²) in [6.07, 6.45) is 2.74. The minimum absolute atomic E-state index is 0.180. The van der Waals surface area contributed by atoms with Crippen molar-refractivity contribution in [2.24, 2.45) is 0 Å². The van der Waals surface area contributed by atoms with Crippen molar-refractivity contribution in [2.75, 3.05) is 36.5 Å². The van der Waals surface area contributed by atoms with Crippen LogP contribution in [-0.2, 0) is 4.74 Å². The van der Waals surface area contributed by atoms with Crippen LogP contribution in [0.3, 0.4) is 0 Å². The minimum atomic E-state index is -2.80. The lowest BCUT2D eigenvalue weighted by Gasteiger charge is -2.26. The van der Waals surface area contributed by atoms with Crippen LogP contribution in [0.15, 0.2) is 36.5 Å². The Hall–Kier alpha value is -2.48. The van der Waals surface area contributed by atoms with Crippen molar-refractivity contribution in [3.05, 3.63) is 42.1 Å². The molecule has 2 aliphatic rings. The van der Waals surface area contributed by atoms with E-state index in [1.54, 1.807) is 18.3 Å². The predicted molar refractivity (Wildman–Crippen MR) is 92.9 cm³/mol. The lowest BCUT2D eigenvalue weighted by molar-refractivity contribution is -0.0498. The summed E-state index contributed by atoms with van der Waals surface area (Å²) in [6, 6.07) is 8.98. The van der Waals surface area contributed by atoms with Crippen LogP contribution >= 0.6 is 0 Å². The smallest absolute Gasteiger partial charge is 0.387 e. The minimum Gasteiger partial charge on any atom is -0.435 e. The number of alkyl halides is 2. The van der Waals surface area contributed by atoms with Crippen LogP contribution in [0, 0.1) is 0 Å². The van der Waals surface area contributed by atoms with E-state index in [0.29, 0.717) is 25.1 Å². The molecular weight excluding hydrogens is 342 g/mol. The number of morpholine rings is 1. The zero-order chi connectivity index (χ0) is 17.9. The maximum Gasteiger partial charge on any atom is 0.387 e. The van der Waals surface area contributed by atoms with Gasteiger partial charge in [-0.2, -0.15) is 13.8 Å². The van der Waals surface area contributed by atoms with Gasteiger partial charge < -0.3 is 19.7 Å². The summed E-state index contributed by atoms with van der Waals surface area (Å²) >= 11 is 0. The molecule has 2 atom stereocenters. The highest BCUT2D eigenvalue weighted by atomic mass is 19.3. The summed E-state index contributed by atoms with van der Waals surface area (Å²) in [7, 11) is 0. The van der Waals surface area contributed by atoms with Gasteiger partial charge in [0.25, 0.3) is 0 Å². The summed E-state index contributed by atoms with van der Waals surface area (Å²) in [5.41, 5.74) is 1.10. The molecule has 8 heteroatoms. The Kier molecular flexibility index (Phi) is 4.83. The number of hydrogen-bond acceptors (Lipinski definition) is 6. The Morgan fingerprint density at radius 2 is 1.92 bits per heavy atom. The maximum absolute atomic E-state index is 12.2. The van der Waals surface area contributed by atoms with Crippen molar-refractivity contribution < 1.29 is 18.3 Å². The molecular formula is C18H20F2N4O2. The SMILES string of the molecule is FC(F)Oc1ccc([C@@H]2C[C@H]2Nc2ccnc(N3CCOCC3)n2)cc1. The molecule has 1 aliphatic heterocycles. The number of rotatable bonds is 6. The fourth-order valence-electron chi connectivity index (χ4n) is 3.15. The van der Waals surface area contributed by atoms with Crippen molar-refractivity contribution >= 4 is 11.8 Å². The first-order valence-electron chi connectivity index (χ1n) is 8.66. The number of nitrogens with zero attached hydrogens (tertiary/aromatic N) is 3. The summed E-state index contributed by atoms with van der Waals surface area (Å²) in [4.78, 5) is 11.1. The molecule has 0 spiro atoms. The average molecular weight is 362 g/mol. The van der Waals surface area contributed by atoms with Gasteiger partial charge in [-0.05, 0) is 30.2 Å². The number of hydrogen-bond donors (Lipinski definition) is 1. The fourth-order valence-corrected chi connectivity index (χ4v) is 3.15. The van der Waals surface area contributed by atoms with Crippen molar-refractivity contribution in [1.82, 2.24) is 9.97 Å². The second-order valence-corrected chi connectivity index (χ2v) is 6.38. The number of benzene rings is 1. The Balaban J connectivity index is 1.36. The van der Waals surface area contributed by atoms with Gasteiger partial charge in [0.05, 0.1) is 13.2 Å². The Labute approximate surface area is 150 Å². The molecule has 1 saturated carbocycles. The molecule has 1 aromatic heterocycles. The van der Waals surface area contributed by atoms with Crippen molar-refractivity contribution in [3.63, 3.8) is 0 Å². The highest BCUT2D eigenvalue weighted by molar-refractivity contribution is 5.46. The summed E-state index contributed by atoms with van der Waals surface area (Å²) in [5.74, 6) is 2.04. The van der Waals surface area contributed by atoms with Gasteiger partial charge in [0.15, 0.2) is 0 Å². The quantitative estimate of drug-likeness (QED) is 0.853. The first-order chi connectivity index (χ1) is 12.7. The molecule has 2 heterocycles. The van der Waals surface area contributed by atoms with Gasteiger partial charge in [-0.1, -0.05) is 12.1 Å². The zero-order valence-electron chi connectivity index (χ0n) is 14.1. The average Bonchev–Trinajstić information content (AvgIpc) is 3.42. The van der Waals surface area contributed by atoms with E-state index < -0.39 is 6.61 Å². The molecule has 4 rings (SSSR count). The number of nitrogens with one attached hydrogen (secondary N) is 1. The molecule has 2 fully saturated rings. The third kappa shape index (κ3) is 4.01. The second-order valence-electron chi connectivity index (χ2n) is 6.38.